The molecule has 0 unspecified atom stereocenters. The van der Waals surface area contributed by atoms with Crippen molar-refractivity contribution in [1.29, 1.82) is 0 Å². The second-order valence-corrected chi connectivity index (χ2v) is 4.50. The van der Waals surface area contributed by atoms with E-state index in [1.807, 2.05) is 6.07 Å². The fourth-order valence-corrected chi connectivity index (χ4v) is 2.25. The molecule has 104 valence electrons. The van der Waals surface area contributed by atoms with Crippen LogP contribution in [0.25, 0.3) is 10.8 Å². The predicted octanol–water partition coefficient (Wildman–Crippen LogP) is 3.02. The Morgan fingerprint density at radius 1 is 1.00 bits per heavy atom. The molecule has 0 amide bonds. The summed E-state index contributed by atoms with van der Waals surface area (Å²) in [5, 5.41) is 1.47. The van der Waals surface area contributed by atoms with Crippen LogP contribution in [0, 0.1) is 0 Å². The smallest absolute Gasteiger partial charge is 0.170 e. The average Bonchev–Trinajstić information content (AvgIpc) is 2.44. The number of carbonyl (C=O) groups excluding carboxylic acids is 2. The first-order chi connectivity index (χ1) is 9.58. The zero-order chi connectivity index (χ0) is 14.7. The van der Waals surface area contributed by atoms with Gasteiger partial charge in [-0.3, -0.25) is 9.59 Å². The maximum absolute atomic E-state index is 12.2. The Balaban J connectivity index is 2.72. The molecule has 0 atom stereocenters. The van der Waals surface area contributed by atoms with E-state index in [0.29, 0.717) is 22.4 Å². The first kappa shape index (κ1) is 14.1. The van der Waals surface area contributed by atoms with Crippen LogP contribution in [0.1, 0.15) is 23.7 Å². The lowest BCUT2D eigenvalue weighted by Gasteiger charge is -2.12. The zero-order valence-electron chi connectivity index (χ0n) is 11.7. The molecular formula is C16H16O4. The molecule has 0 N–H and O–H groups in total. The van der Waals surface area contributed by atoms with Gasteiger partial charge in [0, 0.05) is 16.3 Å². The van der Waals surface area contributed by atoms with Gasteiger partial charge in [0.25, 0.3) is 0 Å². The summed E-state index contributed by atoms with van der Waals surface area (Å²) in [4.78, 5) is 23.4. The minimum atomic E-state index is -0.213. The first-order valence-electron chi connectivity index (χ1n) is 6.24. The number of ketones is 2. The number of methoxy groups -OCH3 is 2. The Morgan fingerprint density at radius 2 is 1.65 bits per heavy atom. The number of carbonyl (C=O) groups is 2. The number of Topliss-reactive ketones (excluding diaryl/α,β-unsaturated/α-hetero) is 2. The largest absolute Gasteiger partial charge is 0.496 e. The fourth-order valence-electron chi connectivity index (χ4n) is 2.25. The molecule has 0 fully saturated rings. The summed E-state index contributed by atoms with van der Waals surface area (Å²) in [5.41, 5.74) is 0.480. The van der Waals surface area contributed by atoms with Crippen molar-refractivity contribution in [3.8, 4) is 11.5 Å². The summed E-state index contributed by atoms with van der Waals surface area (Å²) in [6, 6.07) is 8.89. The quantitative estimate of drug-likeness (QED) is 0.620. The van der Waals surface area contributed by atoms with Crippen LogP contribution in [0.4, 0.5) is 0 Å². The molecule has 0 aliphatic rings. The van der Waals surface area contributed by atoms with Crippen molar-refractivity contribution in [2.75, 3.05) is 14.2 Å². The normalized spacial score (nSPS) is 10.3. The van der Waals surface area contributed by atoms with Gasteiger partial charge >= 0.3 is 0 Å². The Morgan fingerprint density at radius 3 is 2.25 bits per heavy atom. The Bertz CT molecular complexity index is 673. The molecule has 0 aromatic heterocycles. The molecule has 0 aliphatic heterocycles. The zero-order valence-corrected chi connectivity index (χ0v) is 11.7. The molecule has 4 heteroatoms. The Kier molecular flexibility index (Phi) is 4.03. The molecule has 0 radical (unpaired) electrons. The molecule has 4 nitrogen and oxygen atoms in total. The van der Waals surface area contributed by atoms with Crippen LogP contribution in [0.15, 0.2) is 30.3 Å². The molecular weight excluding hydrogens is 256 g/mol. The molecule has 0 bridgehead atoms. The molecule has 20 heavy (non-hydrogen) atoms. The van der Waals surface area contributed by atoms with Crippen molar-refractivity contribution in [3.63, 3.8) is 0 Å². The minimum absolute atomic E-state index is 0.112. The summed E-state index contributed by atoms with van der Waals surface area (Å²) in [7, 11) is 3.12. The van der Waals surface area contributed by atoms with E-state index in [9.17, 15) is 9.59 Å². The Labute approximate surface area is 117 Å². The molecule has 2 rings (SSSR count). The maximum Gasteiger partial charge on any atom is 0.170 e. The van der Waals surface area contributed by atoms with Crippen molar-refractivity contribution >= 4 is 22.3 Å². The van der Waals surface area contributed by atoms with Gasteiger partial charge in [-0.1, -0.05) is 18.2 Å². The third kappa shape index (κ3) is 2.50. The minimum Gasteiger partial charge on any atom is -0.496 e. The topological polar surface area (TPSA) is 52.6 Å². The third-order valence-corrected chi connectivity index (χ3v) is 3.11. The maximum atomic E-state index is 12.2. The monoisotopic (exact) mass is 272 g/mol. The predicted molar refractivity (Wildman–Crippen MR) is 76.7 cm³/mol. The number of ether oxygens (including phenoxy) is 2. The molecule has 0 heterocycles. The summed E-state index contributed by atoms with van der Waals surface area (Å²) < 4.78 is 10.6. The van der Waals surface area contributed by atoms with Crippen LogP contribution >= 0.6 is 0 Å². The summed E-state index contributed by atoms with van der Waals surface area (Å²) in [5.74, 6) is 0.884. The number of rotatable bonds is 5. The second kappa shape index (κ2) is 5.74. The number of hydrogen-bond donors (Lipinski definition) is 0. The van der Waals surface area contributed by atoms with Gasteiger partial charge in [0.1, 0.15) is 17.3 Å². The van der Waals surface area contributed by atoms with Gasteiger partial charge in [0.15, 0.2) is 5.78 Å². The van der Waals surface area contributed by atoms with E-state index in [-0.39, 0.29) is 18.0 Å². The van der Waals surface area contributed by atoms with E-state index in [1.165, 1.54) is 6.92 Å². The van der Waals surface area contributed by atoms with Gasteiger partial charge < -0.3 is 9.47 Å². The lowest BCUT2D eigenvalue weighted by atomic mass is 9.97. The molecule has 0 spiro atoms. The first-order valence-corrected chi connectivity index (χ1v) is 6.24. The van der Waals surface area contributed by atoms with Crippen LogP contribution < -0.4 is 9.47 Å². The SMILES string of the molecule is COc1ccc(OC)c2c(C(=O)CC(C)=O)cccc12. The van der Waals surface area contributed by atoms with Crippen molar-refractivity contribution in [3.05, 3.63) is 35.9 Å². The highest BCUT2D eigenvalue weighted by atomic mass is 16.5. The second-order valence-electron chi connectivity index (χ2n) is 4.50. The summed E-state index contributed by atoms with van der Waals surface area (Å²) >= 11 is 0. The number of benzene rings is 2. The summed E-state index contributed by atoms with van der Waals surface area (Å²) in [6.45, 7) is 1.40. The van der Waals surface area contributed by atoms with E-state index in [1.54, 1.807) is 38.5 Å². The van der Waals surface area contributed by atoms with Crippen molar-refractivity contribution in [2.24, 2.45) is 0 Å². The van der Waals surface area contributed by atoms with Gasteiger partial charge in [-0.25, -0.2) is 0 Å². The van der Waals surface area contributed by atoms with E-state index < -0.39 is 0 Å². The molecule has 0 aliphatic carbocycles. The van der Waals surface area contributed by atoms with Crippen LogP contribution in [-0.4, -0.2) is 25.8 Å². The Hall–Kier alpha value is -2.36. The standard InChI is InChI=1S/C16H16O4/c1-10(17)9-13(18)11-5-4-6-12-14(19-2)7-8-15(20-3)16(11)12/h4-8H,9H2,1-3H3. The summed E-state index contributed by atoms with van der Waals surface area (Å²) in [6.07, 6.45) is -0.112. The lowest BCUT2D eigenvalue weighted by molar-refractivity contribution is -0.116. The lowest BCUT2D eigenvalue weighted by Crippen LogP contribution is -2.06. The van der Waals surface area contributed by atoms with Crippen molar-refractivity contribution in [2.45, 2.75) is 13.3 Å². The van der Waals surface area contributed by atoms with E-state index in [0.717, 1.165) is 5.39 Å². The number of hydrogen-bond acceptors (Lipinski definition) is 4. The number of fused-ring (bicyclic) bond motifs is 1. The van der Waals surface area contributed by atoms with Crippen LogP contribution in [-0.2, 0) is 4.79 Å². The van der Waals surface area contributed by atoms with Gasteiger partial charge in [-0.15, -0.1) is 0 Å². The van der Waals surface area contributed by atoms with Gasteiger partial charge in [0.05, 0.1) is 20.6 Å². The highest BCUT2D eigenvalue weighted by Gasteiger charge is 2.17. The van der Waals surface area contributed by atoms with Gasteiger partial charge in [0.2, 0.25) is 0 Å². The molecule has 0 saturated heterocycles. The highest BCUT2D eigenvalue weighted by molar-refractivity contribution is 6.16. The van der Waals surface area contributed by atoms with E-state index in [2.05, 4.69) is 0 Å². The van der Waals surface area contributed by atoms with Gasteiger partial charge in [-0.05, 0) is 19.1 Å². The van der Waals surface area contributed by atoms with Crippen molar-refractivity contribution < 1.29 is 19.1 Å². The van der Waals surface area contributed by atoms with Crippen LogP contribution in [0.2, 0.25) is 0 Å². The van der Waals surface area contributed by atoms with Crippen LogP contribution in [0.3, 0.4) is 0 Å². The van der Waals surface area contributed by atoms with E-state index >= 15 is 0 Å². The highest BCUT2D eigenvalue weighted by Crippen LogP contribution is 2.35. The molecule has 2 aromatic rings. The van der Waals surface area contributed by atoms with Crippen molar-refractivity contribution in [1.82, 2.24) is 0 Å². The van der Waals surface area contributed by atoms with E-state index in [4.69, 9.17) is 9.47 Å². The van der Waals surface area contributed by atoms with Crippen LogP contribution in [0.5, 0.6) is 11.5 Å². The average molecular weight is 272 g/mol. The fraction of sp³-hybridized carbons (Fsp3) is 0.250. The molecule has 2 aromatic carbocycles. The molecule has 0 saturated carbocycles. The third-order valence-electron chi connectivity index (χ3n) is 3.11. The van der Waals surface area contributed by atoms with Gasteiger partial charge in [-0.2, -0.15) is 0 Å².